The lowest BCUT2D eigenvalue weighted by Crippen LogP contribution is -2.43. The fourth-order valence-corrected chi connectivity index (χ4v) is 2.70. The molecule has 0 spiro atoms. The number of hydrogen-bond acceptors (Lipinski definition) is 3. The molecule has 0 radical (unpaired) electrons. The first-order valence-corrected chi connectivity index (χ1v) is 7.16. The quantitative estimate of drug-likeness (QED) is 0.805. The Morgan fingerprint density at radius 1 is 1.35 bits per heavy atom. The van der Waals surface area contributed by atoms with Crippen molar-refractivity contribution in [2.24, 2.45) is 5.92 Å². The molecule has 1 saturated heterocycles. The number of piperidine rings is 1. The fourth-order valence-electron chi connectivity index (χ4n) is 2.53. The zero-order valence-corrected chi connectivity index (χ0v) is 12.8. The van der Waals surface area contributed by atoms with Crippen LogP contribution in [0.2, 0.25) is 0 Å². The lowest BCUT2D eigenvalue weighted by atomic mass is 9.98. The standard InChI is InChI=1S/C15H20ClNO3/c1-10-9-17(8-7-12(10)16)15(18)11-5-4-6-13(19-2)14(11)20-3/h4-6,10,12H,7-9H2,1-3H3. The molecule has 110 valence electrons. The number of hydrogen-bond donors (Lipinski definition) is 0. The van der Waals surface area contributed by atoms with Crippen molar-refractivity contribution in [3.63, 3.8) is 0 Å². The average Bonchev–Trinajstić information content (AvgIpc) is 2.48. The van der Waals surface area contributed by atoms with E-state index < -0.39 is 0 Å². The van der Waals surface area contributed by atoms with Crippen LogP contribution in [0.15, 0.2) is 18.2 Å². The molecule has 1 aliphatic heterocycles. The second-order valence-corrected chi connectivity index (χ2v) is 5.63. The summed E-state index contributed by atoms with van der Waals surface area (Å²) < 4.78 is 10.6. The molecule has 5 heteroatoms. The first kappa shape index (κ1) is 15.0. The molecule has 1 heterocycles. The maximum absolute atomic E-state index is 12.6. The summed E-state index contributed by atoms with van der Waals surface area (Å²) in [5.41, 5.74) is 0.534. The number of alkyl halides is 1. The van der Waals surface area contributed by atoms with Gasteiger partial charge in [-0.2, -0.15) is 0 Å². The minimum atomic E-state index is -0.0313. The Kier molecular flexibility index (Phi) is 4.76. The summed E-state index contributed by atoms with van der Waals surface area (Å²) in [4.78, 5) is 14.5. The molecule has 1 aliphatic rings. The first-order valence-electron chi connectivity index (χ1n) is 6.72. The molecular weight excluding hydrogens is 278 g/mol. The number of nitrogens with zero attached hydrogens (tertiary/aromatic N) is 1. The highest BCUT2D eigenvalue weighted by atomic mass is 35.5. The molecule has 0 bridgehead atoms. The van der Waals surface area contributed by atoms with Crippen LogP contribution in [0.25, 0.3) is 0 Å². The molecule has 2 rings (SSSR count). The molecule has 0 saturated carbocycles. The predicted octanol–water partition coefficient (Wildman–Crippen LogP) is 2.79. The molecule has 2 atom stereocenters. The molecule has 20 heavy (non-hydrogen) atoms. The van der Waals surface area contributed by atoms with Crippen molar-refractivity contribution >= 4 is 17.5 Å². The van der Waals surface area contributed by atoms with E-state index in [4.69, 9.17) is 21.1 Å². The van der Waals surface area contributed by atoms with Gasteiger partial charge in [0, 0.05) is 18.5 Å². The summed E-state index contributed by atoms with van der Waals surface area (Å²) in [5.74, 6) is 1.32. The number of ether oxygens (including phenoxy) is 2. The van der Waals surface area contributed by atoms with E-state index in [1.165, 1.54) is 0 Å². The fraction of sp³-hybridized carbons (Fsp3) is 0.533. The number of likely N-dealkylation sites (tertiary alicyclic amines) is 1. The Balaban J connectivity index is 2.25. The minimum Gasteiger partial charge on any atom is -0.493 e. The Bertz CT molecular complexity index is 492. The van der Waals surface area contributed by atoms with Gasteiger partial charge < -0.3 is 14.4 Å². The van der Waals surface area contributed by atoms with Gasteiger partial charge >= 0.3 is 0 Å². The summed E-state index contributed by atoms with van der Waals surface area (Å²) in [6.45, 7) is 3.42. The third-order valence-corrected chi connectivity index (χ3v) is 4.37. The van der Waals surface area contributed by atoms with Gasteiger partial charge in [-0.25, -0.2) is 0 Å². The van der Waals surface area contributed by atoms with Gasteiger partial charge in [0.1, 0.15) is 0 Å². The van der Waals surface area contributed by atoms with Gasteiger partial charge in [-0.3, -0.25) is 4.79 Å². The summed E-state index contributed by atoms with van der Waals surface area (Å²) in [5, 5.41) is 0.145. The molecular formula is C15H20ClNO3. The van der Waals surface area contributed by atoms with Gasteiger partial charge in [0.15, 0.2) is 11.5 Å². The summed E-state index contributed by atoms with van der Waals surface area (Å²) in [6, 6.07) is 5.34. The minimum absolute atomic E-state index is 0.0313. The molecule has 1 aromatic carbocycles. The number of para-hydroxylation sites is 1. The van der Waals surface area contributed by atoms with E-state index >= 15 is 0 Å². The van der Waals surface area contributed by atoms with E-state index in [0.29, 0.717) is 36.1 Å². The molecule has 4 nitrogen and oxygen atoms in total. The predicted molar refractivity (Wildman–Crippen MR) is 78.9 cm³/mol. The zero-order valence-electron chi connectivity index (χ0n) is 12.1. The van der Waals surface area contributed by atoms with Crippen LogP contribution in [0.3, 0.4) is 0 Å². The van der Waals surface area contributed by atoms with Gasteiger partial charge in [0.2, 0.25) is 0 Å². The lowest BCUT2D eigenvalue weighted by Gasteiger charge is -2.34. The third kappa shape index (κ3) is 2.85. The molecule has 0 aliphatic carbocycles. The maximum Gasteiger partial charge on any atom is 0.257 e. The number of carbonyl (C=O) groups is 1. The molecule has 1 fully saturated rings. The molecule has 2 unspecified atom stereocenters. The van der Waals surface area contributed by atoms with Crippen LogP contribution < -0.4 is 9.47 Å². The SMILES string of the molecule is COc1cccc(C(=O)N2CCC(Cl)C(C)C2)c1OC. The Hall–Kier alpha value is -1.42. The topological polar surface area (TPSA) is 38.8 Å². The van der Waals surface area contributed by atoms with E-state index in [1.807, 2.05) is 4.90 Å². The van der Waals surface area contributed by atoms with Crippen LogP contribution in [0.4, 0.5) is 0 Å². The van der Waals surface area contributed by atoms with Crippen molar-refractivity contribution in [2.75, 3.05) is 27.3 Å². The van der Waals surface area contributed by atoms with E-state index in [9.17, 15) is 4.79 Å². The molecule has 1 aromatic rings. The summed E-state index contributed by atoms with van der Waals surface area (Å²) in [7, 11) is 3.11. The summed E-state index contributed by atoms with van der Waals surface area (Å²) in [6.07, 6.45) is 0.820. The van der Waals surface area contributed by atoms with Gasteiger partial charge in [-0.15, -0.1) is 11.6 Å². The zero-order chi connectivity index (χ0) is 14.7. The maximum atomic E-state index is 12.6. The van der Waals surface area contributed by atoms with Crippen LogP contribution in [-0.2, 0) is 0 Å². The second kappa shape index (κ2) is 6.35. The van der Waals surface area contributed by atoms with Crippen LogP contribution in [-0.4, -0.2) is 43.5 Å². The van der Waals surface area contributed by atoms with E-state index in [-0.39, 0.29) is 11.3 Å². The van der Waals surface area contributed by atoms with E-state index in [0.717, 1.165) is 6.42 Å². The first-order chi connectivity index (χ1) is 9.58. The Morgan fingerprint density at radius 2 is 2.10 bits per heavy atom. The second-order valence-electron chi connectivity index (χ2n) is 5.07. The van der Waals surface area contributed by atoms with E-state index in [1.54, 1.807) is 32.4 Å². The molecule has 0 N–H and O–H groups in total. The largest absolute Gasteiger partial charge is 0.493 e. The highest BCUT2D eigenvalue weighted by Crippen LogP contribution is 2.32. The highest BCUT2D eigenvalue weighted by Gasteiger charge is 2.29. The van der Waals surface area contributed by atoms with Crippen LogP contribution in [0.5, 0.6) is 11.5 Å². The van der Waals surface area contributed by atoms with Gasteiger partial charge in [0.05, 0.1) is 19.8 Å². The van der Waals surface area contributed by atoms with Gasteiger partial charge in [-0.1, -0.05) is 13.0 Å². The van der Waals surface area contributed by atoms with Crippen LogP contribution in [0.1, 0.15) is 23.7 Å². The Morgan fingerprint density at radius 3 is 2.70 bits per heavy atom. The van der Waals surface area contributed by atoms with Crippen molar-refractivity contribution in [1.29, 1.82) is 0 Å². The lowest BCUT2D eigenvalue weighted by molar-refractivity contribution is 0.0683. The van der Waals surface area contributed by atoms with Crippen molar-refractivity contribution in [1.82, 2.24) is 4.90 Å². The van der Waals surface area contributed by atoms with Crippen molar-refractivity contribution in [2.45, 2.75) is 18.7 Å². The van der Waals surface area contributed by atoms with Gasteiger partial charge in [0.25, 0.3) is 5.91 Å². The smallest absolute Gasteiger partial charge is 0.257 e. The van der Waals surface area contributed by atoms with Crippen molar-refractivity contribution < 1.29 is 14.3 Å². The Labute approximate surface area is 124 Å². The molecule has 0 aromatic heterocycles. The average molecular weight is 298 g/mol. The third-order valence-electron chi connectivity index (χ3n) is 3.72. The van der Waals surface area contributed by atoms with Gasteiger partial charge in [-0.05, 0) is 24.5 Å². The monoisotopic (exact) mass is 297 g/mol. The highest BCUT2D eigenvalue weighted by molar-refractivity contribution is 6.20. The van der Waals surface area contributed by atoms with Crippen LogP contribution >= 0.6 is 11.6 Å². The normalized spacial score (nSPS) is 22.5. The number of halogens is 1. The summed E-state index contributed by atoms with van der Waals surface area (Å²) >= 11 is 6.21. The number of benzene rings is 1. The number of amides is 1. The van der Waals surface area contributed by atoms with Crippen molar-refractivity contribution in [3.05, 3.63) is 23.8 Å². The molecule has 1 amide bonds. The number of rotatable bonds is 3. The number of methoxy groups -OCH3 is 2. The number of carbonyl (C=O) groups excluding carboxylic acids is 1. The van der Waals surface area contributed by atoms with Crippen LogP contribution in [0, 0.1) is 5.92 Å². The van der Waals surface area contributed by atoms with Crippen molar-refractivity contribution in [3.8, 4) is 11.5 Å². The van der Waals surface area contributed by atoms with E-state index in [2.05, 4.69) is 6.92 Å².